The lowest BCUT2D eigenvalue weighted by Crippen LogP contribution is -2.55. The van der Waals surface area contributed by atoms with E-state index >= 15 is 0 Å². The smallest absolute Gasteiger partial charge is 0.328 e. The van der Waals surface area contributed by atoms with Gasteiger partial charge in [-0.05, 0) is 13.8 Å². The zero-order valence-electron chi connectivity index (χ0n) is 18.6. The minimum Gasteiger partial charge on any atom is -0.368 e. The molecular weight excluding hydrogens is 447 g/mol. The summed E-state index contributed by atoms with van der Waals surface area (Å²) in [6.07, 6.45) is -0.796. The second-order valence-corrected chi connectivity index (χ2v) is 9.77. The average molecular weight is 476 g/mol. The highest BCUT2D eigenvalue weighted by molar-refractivity contribution is 7.51. The number of carbonyl (C=O) groups excluding carboxylic acids is 2. The summed E-state index contributed by atoms with van der Waals surface area (Å²) in [6.45, 7) is 5.76. The number of nitrogens with one attached hydrogen (secondary N) is 3. The van der Waals surface area contributed by atoms with Crippen molar-refractivity contribution in [1.82, 2.24) is 25.5 Å². The average Bonchev–Trinajstić information content (AvgIpc) is 2.77. The number of aromatic nitrogens is 2. The number of amides is 2. The lowest BCUT2D eigenvalue weighted by Gasteiger charge is -2.31. The monoisotopic (exact) mass is 476 g/mol. The van der Waals surface area contributed by atoms with Crippen LogP contribution in [0.3, 0.4) is 0 Å². The minimum atomic E-state index is -4.58. The first-order chi connectivity index (χ1) is 15.6. The first kappa shape index (κ1) is 24.8. The number of benzene rings is 1. The van der Waals surface area contributed by atoms with E-state index in [1.54, 1.807) is 12.1 Å². The molecule has 0 saturated carbocycles. The molecule has 1 aromatic carbocycles. The van der Waals surface area contributed by atoms with Gasteiger partial charge in [0.25, 0.3) is 5.91 Å². The van der Waals surface area contributed by atoms with Crippen LogP contribution in [-0.4, -0.2) is 80.9 Å². The lowest BCUT2D eigenvalue weighted by atomic mass is 10.2. The van der Waals surface area contributed by atoms with Crippen molar-refractivity contribution in [2.75, 3.05) is 37.7 Å². The number of piperazine rings is 1. The molecule has 0 aliphatic carbocycles. The molecule has 5 N–H and O–H groups in total. The highest BCUT2D eigenvalue weighted by Crippen LogP contribution is 2.35. The van der Waals surface area contributed by atoms with Gasteiger partial charge >= 0.3 is 7.60 Å². The van der Waals surface area contributed by atoms with Crippen molar-refractivity contribution in [2.45, 2.75) is 25.9 Å². The number of anilines is 1. The van der Waals surface area contributed by atoms with Gasteiger partial charge in [0.2, 0.25) is 5.91 Å². The third-order valence-electron chi connectivity index (χ3n) is 4.88. The lowest BCUT2D eigenvalue weighted by molar-refractivity contribution is -0.133. The summed E-state index contributed by atoms with van der Waals surface area (Å²) in [7, 11) is -4.58. The van der Waals surface area contributed by atoms with Crippen molar-refractivity contribution in [3.63, 3.8) is 0 Å². The van der Waals surface area contributed by atoms with E-state index in [0.29, 0.717) is 43.4 Å². The molecule has 1 saturated heterocycles. The van der Waals surface area contributed by atoms with Gasteiger partial charge in [0, 0.05) is 43.9 Å². The fourth-order valence-corrected chi connectivity index (χ4v) is 4.13. The molecule has 1 unspecified atom stereocenters. The summed E-state index contributed by atoms with van der Waals surface area (Å²) in [5.74, 6) is -0.523. The minimum absolute atomic E-state index is 0.0178. The molecule has 3 rings (SSSR count). The normalized spacial score (nSPS) is 15.2. The second kappa shape index (κ2) is 10.8. The molecule has 0 spiro atoms. The molecule has 33 heavy (non-hydrogen) atoms. The molecule has 12 heteroatoms. The molecule has 1 fully saturated rings. The first-order valence-corrected chi connectivity index (χ1v) is 12.5. The molecule has 2 aromatic rings. The number of hydrogen-bond donors (Lipinski definition) is 5. The largest absolute Gasteiger partial charge is 0.368 e. The molecule has 11 nitrogen and oxygen atoms in total. The predicted molar refractivity (Wildman–Crippen MR) is 124 cm³/mol. The fourth-order valence-electron chi connectivity index (χ4n) is 3.41. The third kappa shape index (κ3) is 7.33. The zero-order chi connectivity index (χ0) is 24.0. The Hall–Kier alpha value is -2.85. The summed E-state index contributed by atoms with van der Waals surface area (Å²) in [6, 6.07) is 9.21. The van der Waals surface area contributed by atoms with Crippen LogP contribution in [0, 0.1) is 0 Å². The maximum atomic E-state index is 13.1. The highest BCUT2D eigenvalue weighted by atomic mass is 31.2. The van der Waals surface area contributed by atoms with E-state index in [2.05, 4.69) is 25.9 Å². The van der Waals surface area contributed by atoms with Gasteiger partial charge in [-0.1, -0.05) is 30.3 Å². The van der Waals surface area contributed by atoms with Crippen LogP contribution in [0.2, 0.25) is 0 Å². The van der Waals surface area contributed by atoms with Crippen molar-refractivity contribution >= 4 is 25.2 Å². The molecule has 1 aromatic heterocycles. The zero-order valence-corrected chi connectivity index (χ0v) is 19.5. The van der Waals surface area contributed by atoms with Crippen LogP contribution >= 0.6 is 7.60 Å². The topological polar surface area (TPSA) is 157 Å². The van der Waals surface area contributed by atoms with E-state index in [1.807, 2.05) is 32.0 Å². The Morgan fingerprint density at radius 1 is 1.15 bits per heavy atom. The SMILES string of the molecule is CC(C)Nc1cc(C(=O)NC(CP(=O)(O)O)C(=O)N2CCNCC2)nc(-c2ccccc2)n1. The Morgan fingerprint density at radius 2 is 1.82 bits per heavy atom. The Bertz CT molecular complexity index is 1020. The van der Waals surface area contributed by atoms with Gasteiger partial charge in [0.1, 0.15) is 17.6 Å². The maximum Gasteiger partial charge on any atom is 0.328 e. The van der Waals surface area contributed by atoms with Gasteiger partial charge in [-0.2, -0.15) is 0 Å². The molecule has 178 valence electrons. The molecule has 2 heterocycles. The van der Waals surface area contributed by atoms with Gasteiger partial charge in [-0.3, -0.25) is 14.2 Å². The van der Waals surface area contributed by atoms with Gasteiger partial charge in [0.05, 0.1) is 6.16 Å². The van der Waals surface area contributed by atoms with Crippen molar-refractivity contribution < 1.29 is 23.9 Å². The summed E-state index contributed by atoms with van der Waals surface area (Å²) < 4.78 is 11.7. The Balaban J connectivity index is 1.90. The van der Waals surface area contributed by atoms with Crippen molar-refractivity contribution in [2.24, 2.45) is 0 Å². The molecule has 0 radical (unpaired) electrons. The summed E-state index contributed by atoms with van der Waals surface area (Å²) in [5, 5.41) is 8.73. The first-order valence-electron chi connectivity index (χ1n) is 10.7. The van der Waals surface area contributed by atoms with Crippen LogP contribution in [0.15, 0.2) is 36.4 Å². The van der Waals surface area contributed by atoms with E-state index < -0.39 is 31.6 Å². The van der Waals surface area contributed by atoms with E-state index in [1.165, 1.54) is 11.0 Å². The molecule has 1 aliphatic heterocycles. The number of carbonyl (C=O) groups is 2. The van der Waals surface area contributed by atoms with Gasteiger partial charge in [-0.25, -0.2) is 9.97 Å². The van der Waals surface area contributed by atoms with Crippen LogP contribution < -0.4 is 16.0 Å². The molecule has 1 aliphatic rings. The van der Waals surface area contributed by atoms with Gasteiger partial charge in [-0.15, -0.1) is 0 Å². The van der Waals surface area contributed by atoms with Crippen LogP contribution in [-0.2, 0) is 9.36 Å². The van der Waals surface area contributed by atoms with Crippen molar-refractivity contribution in [1.29, 1.82) is 0 Å². The van der Waals surface area contributed by atoms with Crippen LogP contribution in [0.1, 0.15) is 24.3 Å². The van der Waals surface area contributed by atoms with Gasteiger partial charge < -0.3 is 30.6 Å². The predicted octanol–water partition coefficient (Wildman–Crippen LogP) is 0.672. The Kier molecular flexibility index (Phi) is 8.15. The van der Waals surface area contributed by atoms with Gasteiger partial charge in [0.15, 0.2) is 5.82 Å². The second-order valence-electron chi connectivity index (χ2n) is 8.08. The summed E-state index contributed by atoms with van der Waals surface area (Å²) in [4.78, 5) is 55.3. The number of rotatable bonds is 8. The fraction of sp³-hybridized carbons (Fsp3) is 0.429. The quantitative estimate of drug-likeness (QED) is 0.346. The van der Waals surface area contributed by atoms with E-state index in [0.717, 1.165) is 0 Å². The van der Waals surface area contributed by atoms with E-state index in [-0.39, 0.29) is 11.7 Å². The van der Waals surface area contributed by atoms with Crippen LogP contribution in [0.4, 0.5) is 5.82 Å². The standard InChI is InChI=1S/C21H29N6O5P/c1-14(2)23-18-12-16(24-19(26-18)15-6-4-3-5-7-15)20(28)25-17(13-33(30,31)32)21(29)27-10-8-22-9-11-27/h3-7,12,14,17,22H,8-11,13H2,1-2H3,(H,25,28)(H,23,24,26)(H2,30,31,32). The van der Waals surface area contributed by atoms with E-state index in [9.17, 15) is 23.9 Å². The van der Waals surface area contributed by atoms with Crippen molar-refractivity contribution in [3.8, 4) is 11.4 Å². The van der Waals surface area contributed by atoms with Crippen molar-refractivity contribution in [3.05, 3.63) is 42.1 Å². The number of nitrogens with zero attached hydrogens (tertiary/aromatic N) is 3. The third-order valence-corrected chi connectivity index (χ3v) is 5.72. The van der Waals surface area contributed by atoms with E-state index in [4.69, 9.17) is 0 Å². The summed E-state index contributed by atoms with van der Waals surface area (Å²) >= 11 is 0. The number of hydrogen-bond acceptors (Lipinski definition) is 7. The van der Waals surface area contributed by atoms with Crippen LogP contribution in [0.25, 0.3) is 11.4 Å². The molecule has 2 amide bonds. The highest BCUT2D eigenvalue weighted by Gasteiger charge is 2.33. The summed E-state index contributed by atoms with van der Waals surface area (Å²) in [5.41, 5.74) is 0.679. The molecule has 1 atom stereocenters. The molecule has 0 bridgehead atoms. The maximum absolute atomic E-state index is 13.1. The molecular formula is C21H29N6O5P. The Morgan fingerprint density at radius 3 is 2.42 bits per heavy atom. The van der Waals surface area contributed by atoms with Crippen LogP contribution in [0.5, 0.6) is 0 Å². The Labute approximate surface area is 192 Å².